The van der Waals surface area contributed by atoms with Crippen LogP contribution in [0.3, 0.4) is 0 Å². The van der Waals surface area contributed by atoms with Crippen LogP contribution < -0.4 is 15.0 Å². The number of benzene rings is 1. The Hall–Kier alpha value is -1.94. The number of ether oxygens (including phenoxy) is 1. The van der Waals surface area contributed by atoms with Crippen LogP contribution >= 0.6 is 0 Å². The van der Waals surface area contributed by atoms with Crippen molar-refractivity contribution >= 4 is 5.69 Å². The van der Waals surface area contributed by atoms with Gasteiger partial charge in [-0.2, -0.15) is 0 Å². The Kier molecular flexibility index (Phi) is 4.47. The fraction of sp³-hybridized carbons (Fsp3) is 0.333. The molecule has 0 atom stereocenters. The van der Waals surface area contributed by atoms with Crippen molar-refractivity contribution in [2.75, 3.05) is 26.1 Å². The first-order chi connectivity index (χ1) is 9.22. The minimum absolute atomic E-state index is 0.733. The van der Waals surface area contributed by atoms with E-state index in [9.17, 15) is 0 Å². The van der Waals surface area contributed by atoms with Crippen molar-refractivity contribution < 1.29 is 9.15 Å². The molecule has 0 fully saturated rings. The maximum atomic E-state index is 5.74. The molecular weight excluding hydrogens is 240 g/mol. The van der Waals surface area contributed by atoms with Crippen LogP contribution in [0.2, 0.25) is 0 Å². The molecule has 1 heterocycles. The van der Waals surface area contributed by atoms with Gasteiger partial charge in [0.1, 0.15) is 17.3 Å². The van der Waals surface area contributed by atoms with E-state index in [2.05, 4.69) is 16.3 Å². The summed E-state index contributed by atoms with van der Waals surface area (Å²) in [5.74, 6) is 2.77. The molecule has 1 aromatic carbocycles. The molecule has 4 nitrogen and oxygen atoms in total. The maximum absolute atomic E-state index is 5.74. The van der Waals surface area contributed by atoms with E-state index in [1.807, 2.05) is 44.4 Å². The molecule has 4 heteroatoms. The molecule has 2 rings (SSSR count). The molecule has 0 bridgehead atoms. The monoisotopic (exact) mass is 260 g/mol. The second-order valence-electron chi connectivity index (χ2n) is 4.46. The Bertz CT molecular complexity index is 522. The molecule has 0 aliphatic rings. The number of methoxy groups -OCH3 is 1. The third-order valence-electron chi connectivity index (χ3n) is 2.96. The zero-order chi connectivity index (χ0) is 13.7. The Morgan fingerprint density at radius 1 is 1.21 bits per heavy atom. The molecule has 2 aromatic rings. The third kappa shape index (κ3) is 3.51. The highest BCUT2D eigenvalue weighted by atomic mass is 16.5. The summed E-state index contributed by atoms with van der Waals surface area (Å²) in [5.41, 5.74) is 1.10. The van der Waals surface area contributed by atoms with Gasteiger partial charge in [0.2, 0.25) is 0 Å². The molecule has 1 aromatic heterocycles. The molecule has 0 radical (unpaired) electrons. The first-order valence-corrected chi connectivity index (χ1v) is 6.30. The van der Waals surface area contributed by atoms with Crippen molar-refractivity contribution in [3.05, 3.63) is 47.9 Å². The zero-order valence-electron chi connectivity index (χ0n) is 11.6. The first-order valence-electron chi connectivity index (χ1n) is 6.30. The summed E-state index contributed by atoms with van der Waals surface area (Å²) in [4.78, 5) is 2.13. The van der Waals surface area contributed by atoms with Crippen LogP contribution in [0.15, 0.2) is 40.8 Å². The number of anilines is 1. The SMILES string of the molecule is CNCc1ccc(CN(C)c2cccc(OC)c2)o1. The van der Waals surface area contributed by atoms with Gasteiger partial charge in [0.15, 0.2) is 0 Å². The van der Waals surface area contributed by atoms with Gasteiger partial charge in [0, 0.05) is 18.8 Å². The summed E-state index contributed by atoms with van der Waals surface area (Å²) in [7, 11) is 5.62. The van der Waals surface area contributed by atoms with Crippen LogP contribution in [0.1, 0.15) is 11.5 Å². The molecule has 0 saturated heterocycles. The summed E-state index contributed by atoms with van der Waals surface area (Å²) >= 11 is 0. The van der Waals surface area contributed by atoms with E-state index in [0.29, 0.717) is 0 Å². The van der Waals surface area contributed by atoms with Gasteiger partial charge < -0.3 is 19.4 Å². The van der Waals surface area contributed by atoms with E-state index in [4.69, 9.17) is 9.15 Å². The van der Waals surface area contributed by atoms with Gasteiger partial charge in [0.25, 0.3) is 0 Å². The predicted molar refractivity (Wildman–Crippen MR) is 76.6 cm³/mol. The lowest BCUT2D eigenvalue weighted by atomic mass is 10.2. The molecule has 102 valence electrons. The normalized spacial score (nSPS) is 10.5. The van der Waals surface area contributed by atoms with Crippen LogP contribution in [0.5, 0.6) is 5.75 Å². The van der Waals surface area contributed by atoms with Crippen molar-refractivity contribution in [2.45, 2.75) is 13.1 Å². The lowest BCUT2D eigenvalue weighted by Crippen LogP contribution is -2.15. The number of nitrogens with zero attached hydrogens (tertiary/aromatic N) is 1. The molecule has 0 unspecified atom stereocenters. The van der Waals surface area contributed by atoms with Crippen molar-refractivity contribution in [1.82, 2.24) is 5.32 Å². The highest BCUT2D eigenvalue weighted by molar-refractivity contribution is 5.50. The van der Waals surface area contributed by atoms with Crippen LogP contribution in [-0.4, -0.2) is 21.2 Å². The summed E-state index contributed by atoms with van der Waals surface area (Å²) < 4.78 is 11.0. The second kappa shape index (κ2) is 6.29. The molecular formula is C15H20N2O2. The van der Waals surface area contributed by atoms with Crippen molar-refractivity contribution in [3.8, 4) is 5.75 Å². The van der Waals surface area contributed by atoms with E-state index in [-0.39, 0.29) is 0 Å². The van der Waals surface area contributed by atoms with Gasteiger partial charge in [-0.25, -0.2) is 0 Å². The predicted octanol–water partition coefficient (Wildman–Crippen LogP) is 2.64. The number of furan rings is 1. The molecule has 0 amide bonds. The van der Waals surface area contributed by atoms with Gasteiger partial charge in [-0.1, -0.05) is 6.07 Å². The van der Waals surface area contributed by atoms with E-state index < -0.39 is 0 Å². The highest BCUT2D eigenvalue weighted by Gasteiger charge is 2.07. The lowest BCUT2D eigenvalue weighted by molar-refractivity contribution is 0.414. The average Bonchev–Trinajstić information content (AvgIpc) is 2.86. The van der Waals surface area contributed by atoms with E-state index in [0.717, 1.165) is 36.0 Å². The van der Waals surface area contributed by atoms with Gasteiger partial charge in [0.05, 0.1) is 20.2 Å². The van der Waals surface area contributed by atoms with E-state index in [1.54, 1.807) is 7.11 Å². The van der Waals surface area contributed by atoms with Crippen LogP contribution in [0, 0.1) is 0 Å². The minimum Gasteiger partial charge on any atom is -0.497 e. The van der Waals surface area contributed by atoms with E-state index >= 15 is 0 Å². The summed E-state index contributed by atoms with van der Waals surface area (Å²) in [6, 6.07) is 12.0. The fourth-order valence-corrected chi connectivity index (χ4v) is 1.95. The van der Waals surface area contributed by atoms with Crippen molar-refractivity contribution in [1.29, 1.82) is 0 Å². The Morgan fingerprint density at radius 3 is 2.74 bits per heavy atom. The Balaban J connectivity index is 2.04. The molecule has 0 spiro atoms. The Morgan fingerprint density at radius 2 is 2.00 bits per heavy atom. The fourth-order valence-electron chi connectivity index (χ4n) is 1.95. The maximum Gasteiger partial charge on any atom is 0.123 e. The topological polar surface area (TPSA) is 37.6 Å². The smallest absolute Gasteiger partial charge is 0.123 e. The number of rotatable bonds is 6. The third-order valence-corrected chi connectivity index (χ3v) is 2.96. The number of nitrogens with one attached hydrogen (secondary N) is 1. The first kappa shape index (κ1) is 13.5. The number of hydrogen-bond donors (Lipinski definition) is 1. The molecule has 0 aliphatic carbocycles. The highest BCUT2D eigenvalue weighted by Crippen LogP contribution is 2.21. The van der Waals surface area contributed by atoms with Gasteiger partial charge >= 0.3 is 0 Å². The van der Waals surface area contributed by atoms with E-state index in [1.165, 1.54) is 0 Å². The largest absolute Gasteiger partial charge is 0.497 e. The van der Waals surface area contributed by atoms with Gasteiger partial charge in [-0.3, -0.25) is 0 Å². The number of hydrogen-bond acceptors (Lipinski definition) is 4. The molecule has 0 saturated carbocycles. The summed E-state index contributed by atoms with van der Waals surface area (Å²) in [6.07, 6.45) is 0. The van der Waals surface area contributed by atoms with Crippen LogP contribution in [-0.2, 0) is 13.1 Å². The second-order valence-corrected chi connectivity index (χ2v) is 4.46. The van der Waals surface area contributed by atoms with Gasteiger partial charge in [-0.15, -0.1) is 0 Å². The molecule has 1 N–H and O–H groups in total. The van der Waals surface area contributed by atoms with Crippen LogP contribution in [0.4, 0.5) is 5.69 Å². The van der Waals surface area contributed by atoms with Crippen molar-refractivity contribution in [2.24, 2.45) is 0 Å². The molecule has 19 heavy (non-hydrogen) atoms. The quantitative estimate of drug-likeness (QED) is 0.866. The van der Waals surface area contributed by atoms with Crippen molar-refractivity contribution in [3.63, 3.8) is 0 Å². The standard InChI is InChI=1S/C15H20N2O2/c1-16-10-14-7-8-15(19-14)11-17(2)12-5-4-6-13(9-12)18-3/h4-9,16H,10-11H2,1-3H3. The lowest BCUT2D eigenvalue weighted by Gasteiger charge is -2.18. The minimum atomic E-state index is 0.733. The molecule has 0 aliphatic heterocycles. The van der Waals surface area contributed by atoms with Crippen LogP contribution in [0.25, 0.3) is 0 Å². The zero-order valence-corrected chi connectivity index (χ0v) is 11.6. The summed E-state index contributed by atoms with van der Waals surface area (Å²) in [6.45, 7) is 1.49. The average molecular weight is 260 g/mol. The van der Waals surface area contributed by atoms with Gasteiger partial charge in [-0.05, 0) is 31.3 Å². The Labute approximate surface area is 114 Å². The summed E-state index contributed by atoms with van der Waals surface area (Å²) in [5, 5.41) is 3.07.